The van der Waals surface area contributed by atoms with Crippen LogP contribution in [0.4, 0.5) is 5.69 Å². The summed E-state index contributed by atoms with van der Waals surface area (Å²) in [5, 5.41) is 9.31. The van der Waals surface area contributed by atoms with Crippen LogP contribution in [0.25, 0.3) is 17.1 Å². The molecule has 6 heteroatoms. The molecule has 0 saturated carbocycles. The van der Waals surface area contributed by atoms with Crippen LogP contribution in [-0.2, 0) is 4.79 Å². The van der Waals surface area contributed by atoms with E-state index in [4.69, 9.17) is 9.73 Å². The molecule has 0 N–H and O–H groups in total. The molecule has 4 aromatic carbocycles. The zero-order chi connectivity index (χ0) is 27.5. The third-order valence-electron chi connectivity index (χ3n) is 7.14. The van der Waals surface area contributed by atoms with Crippen molar-refractivity contribution in [1.29, 1.82) is 0 Å². The van der Waals surface area contributed by atoms with Gasteiger partial charge in [-0.1, -0.05) is 79.6 Å². The molecular weight excluding hydrogens is 496 g/mol. The van der Waals surface area contributed by atoms with E-state index in [2.05, 4.69) is 17.1 Å². The molecule has 198 valence electrons. The summed E-state index contributed by atoms with van der Waals surface area (Å²) >= 11 is 0. The van der Waals surface area contributed by atoms with Crippen molar-refractivity contribution in [1.82, 2.24) is 14.8 Å². The van der Waals surface area contributed by atoms with Crippen LogP contribution in [0.3, 0.4) is 0 Å². The number of Topliss-reactive ketones (excluding diaryl/α,β-unsaturated/α-hetero) is 1. The maximum atomic E-state index is 14.2. The molecule has 0 bridgehead atoms. The summed E-state index contributed by atoms with van der Waals surface area (Å²) in [6, 6.07) is 33.5. The standard InChI is InChI=1S/C34H30N4O2/c1-3-4-22-40-27-20-18-25(19-21-27)33-36-37-34(38(33)26-10-6-5-7-11-26)30-28-12-8-9-13-29(28)35-31(32(30)39)24-16-14-23(2)15-17-24/h5-21,30H,3-4,22H2,1-2H3. The van der Waals surface area contributed by atoms with Crippen molar-refractivity contribution < 1.29 is 9.53 Å². The molecule has 5 aromatic rings. The lowest BCUT2D eigenvalue weighted by atomic mass is 9.85. The van der Waals surface area contributed by atoms with E-state index in [0.29, 0.717) is 24.0 Å². The minimum Gasteiger partial charge on any atom is -0.494 e. The van der Waals surface area contributed by atoms with Crippen molar-refractivity contribution in [2.24, 2.45) is 4.99 Å². The maximum Gasteiger partial charge on any atom is 0.196 e. The molecule has 0 amide bonds. The van der Waals surface area contributed by atoms with Gasteiger partial charge in [0.15, 0.2) is 17.4 Å². The van der Waals surface area contributed by atoms with Crippen LogP contribution >= 0.6 is 0 Å². The normalized spacial score (nSPS) is 14.5. The number of unbranched alkanes of at least 4 members (excludes halogenated alkanes) is 1. The second-order valence-corrected chi connectivity index (χ2v) is 9.96. The van der Waals surface area contributed by atoms with E-state index in [1.165, 1.54) is 0 Å². The highest BCUT2D eigenvalue weighted by Gasteiger charge is 2.37. The van der Waals surface area contributed by atoms with Crippen molar-refractivity contribution in [2.45, 2.75) is 32.6 Å². The van der Waals surface area contributed by atoms with Gasteiger partial charge in [0.25, 0.3) is 0 Å². The zero-order valence-corrected chi connectivity index (χ0v) is 22.6. The van der Waals surface area contributed by atoms with Crippen LogP contribution in [0, 0.1) is 6.92 Å². The molecule has 1 unspecified atom stereocenters. The number of aryl methyl sites for hydroxylation is 1. The van der Waals surface area contributed by atoms with E-state index >= 15 is 0 Å². The number of fused-ring (bicyclic) bond motifs is 1. The van der Waals surface area contributed by atoms with E-state index in [-0.39, 0.29) is 5.78 Å². The lowest BCUT2D eigenvalue weighted by Gasteiger charge is -2.24. The summed E-state index contributed by atoms with van der Waals surface area (Å²) in [4.78, 5) is 19.1. The summed E-state index contributed by atoms with van der Waals surface area (Å²) in [6.07, 6.45) is 2.10. The summed E-state index contributed by atoms with van der Waals surface area (Å²) in [7, 11) is 0. The Morgan fingerprint density at radius 2 is 1.50 bits per heavy atom. The van der Waals surface area contributed by atoms with Crippen molar-refractivity contribution in [3.05, 3.63) is 126 Å². The maximum absolute atomic E-state index is 14.2. The van der Waals surface area contributed by atoms with Gasteiger partial charge in [0.05, 0.1) is 12.3 Å². The third kappa shape index (κ3) is 4.84. The van der Waals surface area contributed by atoms with Crippen molar-refractivity contribution >= 4 is 17.2 Å². The molecule has 1 aliphatic heterocycles. The molecule has 40 heavy (non-hydrogen) atoms. The predicted molar refractivity (Wildman–Crippen MR) is 158 cm³/mol. The average molecular weight is 527 g/mol. The van der Waals surface area contributed by atoms with Gasteiger partial charge >= 0.3 is 0 Å². The molecule has 0 spiro atoms. The fourth-order valence-corrected chi connectivity index (χ4v) is 5.00. The van der Waals surface area contributed by atoms with Crippen LogP contribution in [0.5, 0.6) is 5.75 Å². The average Bonchev–Trinajstić information content (AvgIpc) is 3.43. The SMILES string of the molecule is CCCCOc1ccc(-c2nnc(C3C(=O)C(c4ccc(C)cc4)=Nc4ccccc43)n2-c2ccccc2)cc1. The minimum atomic E-state index is -0.664. The van der Waals surface area contributed by atoms with E-state index < -0.39 is 5.92 Å². The molecule has 1 aliphatic rings. The van der Waals surface area contributed by atoms with Crippen LogP contribution in [0.1, 0.15) is 48.2 Å². The van der Waals surface area contributed by atoms with Crippen molar-refractivity contribution in [2.75, 3.05) is 6.61 Å². The van der Waals surface area contributed by atoms with E-state index in [0.717, 1.165) is 52.2 Å². The van der Waals surface area contributed by atoms with Gasteiger partial charge < -0.3 is 4.74 Å². The lowest BCUT2D eigenvalue weighted by Crippen LogP contribution is -2.29. The Bertz CT molecular complexity index is 1670. The van der Waals surface area contributed by atoms with E-state index in [1.807, 2.05) is 115 Å². The number of ether oxygens (including phenoxy) is 1. The molecule has 1 aromatic heterocycles. The summed E-state index contributed by atoms with van der Waals surface area (Å²) < 4.78 is 7.86. The fourth-order valence-electron chi connectivity index (χ4n) is 5.00. The number of benzene rings is 4. The van der Waals surface area contributed by atoms with Gasteiger partial charge in [0.1, 0.15) is 17.4 Å². The van der Waals surface area contributed by atoms with Crippen LogP contribution in [-0.4, -0.2) is 32.9 Å². The first-order valence-corrected chi connectivity index (χ1v) is 13.7. The fraction of sp³-hybridized carbons (Fsp3) is 0.176. The number of para-hydroxylation sites is 2. The Hall–Kier alpha value is -4.84. The van der Waals surface area contributed by atoms with Crippen molar-refractivity contribution in [3.8, 4) is 22.8 Å². The number of carbonyl (C=O) groups excluding carboxylic acids is 1. The first-order chi connectivity index (χ1) is 19.6. The smallest absolute Gasteiger partial charge is 0.196 e. The molecular formula is C34H30N4O2. The number of aromatic nitrogens is 3. The van der Waals surface area contributed by atoms with Gasteiger partial charge in [-0.2, -0.15) is 0 Å². The van der Waals surface area contributed by atoms with Crippen LogP contribution in [0.15, 0.2) is 108 Å². The molecule has 6 rings (SSSR count). The highest BCUT2D eigenvalue weighted by molar-refractivity contribution is 6.49. The Kier molecular flexibility index (Phi) is 7.06. The summed E-state index contributed by atoms with van der Waals surface area (Å²) in [5.74, 6) is 1.27. The monoisotopic (exact) mass is 526 g/mol. The number of hydrogen-bond acceptors (Lipinski definition) is 5. The molecule has 2 heterocycles. The van der Waals surface area contributed by atoms with Gasteiger partial charge in [-0.25, -0.2) is 4.99 Å². The van der Waals surface area contributed by atoms with E-state index in [1.54, 1.807) is 0 Å². The minimum absolute atomic E-state index is 0.0987. The van der Waals surface area contributed by atoms with Crippen molar-refractivity contribution in [3.63, 3.8) is 0 Å². The number of carbonyl (C=O) groups is 1. The summed E-state index contributed by atoms with van der Waals surface area (Å²) in [6.45, 7) is 4.86. The molecule has 6 nitrogen and oxygen atoms in total. The van der Waals surface area contributed by atoms with Gasteiger partial charge in [0.2, 0.25) is 0 Å². The number of hydrogen-bond donors (Lipinski definition) is 0. The Balaban J connectivity index is 1.48. The van der Waals surface area contributed by atoms with Gasteiger partial charge in [-0.3, -0.25) is 9.36 Å². The highest BCUT2D eigenvalue weighted by Crippen LogP contribution is 2.39. The number of rotatable bonds is 8. The highest BCUT2D eigenvalue weighted by atomic mass is 16.5. The third-order valence-corrected chi connectivity index (χ3v) is 7.14. The number of ketones is 1. The first-order valence-electron chi connectivity index (χ1n) is 13.7. The molecule has 0 saturated heterocycles. The lowest BCUT2D eigenvalue weighted by molar-refractivity contribution is -0.113. The van der Waals surface area contributed by atoms with Crippen LogP contribution < -0.4 is 4.74 Å². The van der Waals surface area contributed by atoms with Gasteiger partial charge in [-0.15, -0.1) is 10.2 Å². The molecule has 0 aliphatic carbocycles. The Morgan fingerprint density at radius 3 is 2.25 bits per heavy atom. The zero-order valence-electron chi connectivity index (χ0n) is 22.6. The number of nitrogens with zero attached hydrogens (tertiary/aromatic N) is 4. The van der Waals surface area contributed by atoms with Crippen LogP contribution in [0.2, 0.25) is 0 Å². The van der Waals surface area contributed by atoms with E-state index in [9.17, 15) is 4.79 Å². The molecule has 0 fully saturated rings. The second-order valence-electron chi connectivity index (χ2n) is 9.96. The predicted octanol–water partition coefficient (Wildman–Crippen LogP) is 7.26. The number of aliphatic imine (C=N–C) groups is 1. The van der Waals surface area contributed by atoms with Gasteiger partial charge in [0, 0.05) is 16.8 Å². The Labute approximate surface area is 234 Å². The largest absolute Gasteiger partial charge is 0.494 e. The molecule has 0 radical (unpaired) electrons. The Morgan fingerprint density at radius 1 is 0.800 bits per heavy atom. The van der Waals surface area contributed by atoms with Gasteiger partial charge in [-0.05, 0) is 61.4 Å². The first kappa shape index (κ1) is 25.4. The molecule has 1 atom stereocenters. The topological polar surface area (TPSA) is 69.4 Å². The quantitative estimate of drug-likeness (QED) is 0.200. The second kappa shape index (κ2) is 11.1. The summed E-state index contributed by atoms with van der Waals surface area (Å²) in [5.41, 5.74) is 5.69.